The molecule has 2 heterocycles. The van der Waals surface area contributed by atoms with E-state index < -0.39 is 0 Å². The van der Waals surface area contributed by atoms with Crippen LogP contribution in [0.15, 0.2) is 0 Å². The van der Waals surface area contributed by atoms with Gasteiger partial charge in [-0.1, -0.05) is 0 Å². The average molecular weight is 209 g/mol. The Kier molecular flexibility index (Phi) is 3.07. The molecule has 0 spiro atoms. The minimum atomic E-state index is 0.531. The molecule has 0 aromatic carbocycles. The number of rotatable bonds is 2. The van der Waals surface area contributed by atoms with E-state index in [2.05, 4.69) is 12.0 Å². The molecule has 1 fully saturated rings. The van der Waals surface area contributed by atoms with Crippen LogP contribution in [-0.2, 0) is 18.3 Å². The summed E-state index contributed by atoms with van der Waals surface area (Å²) in [4.78, 5) is 0. The van der Waals surface area contributed by atoms with Crippen molar-refractivity contribution in [1.82, 2.24) is 9.78 Å². The zero-order valence-corrected chi connectivity index (χ0v) is 9.49. The lowest BCUT2D eigenvalue weighted by Gasteiger charge is -2.22. The second-order valence-corrected chi connectivity index (χ2v) is 4.17. The van der Waals surface area contributed by atoms with Crippen LogP contribution in [0, 0.1) is 6.92 Å². The smallest absolute Gasteiger partial charge is 0.0792 e. The van der Waals surface area contributed by atoms with Crippen molar-refractivity contribution in [3.63, 3.8) is 0 Å². The van der Waals surface area contributed by atoms with Gasteiger partial charge in [0, 0.05) is 38.4 Å². The number of nitrogens with zero attached hydrogens (tertiary/aromatic N) is 2. The molecule has 1 aromatic rings. The third-order valence-corrected chi connectivity index (χ3v) is 3.24. The summed E-state index contributed by atoms with van der Waals surface area (Å²) in [5.41, 5.74) is 9.31. The van der Waals surface area contributed by atoms with Gasteiger partial charge in [-0.2, -0.15) is 5.10 Å². The van der Waals surface area contributed by atoms with Gasteiger partial charge in [-0.3, -0.25) is 4.68 Å². The Labute approximate surface area is 90.4 Å². The molecule has 0 amide bonds. The lowest BCUT2D eigenvalue weighted by Crippen LogP contribution is -2.17. The van der Waals surface area contributed by atoms with E-state index in [4.69, 9.17) is 10.5 Å². The van der Waals surface area contributed by atoms with Gasteiger partial charge in [0.2, 0.25) is 0 Å². The summed E-state index contributed by atoms with van der Waals surface area (Å²) < 4.78 is 7.37. The molecule has 1 aromatic heterocycles. The summed E-state index contributed by atoms with van der Waals surface area (Å²) in [6, 6.07) is 0. The highest BCUT2D eigenvalue weighted by atomic mass is 16.5. The standard InChI is InChI=1S/C11H19N3O/c1-8-10(7-12)13-14(2)11(8)9-3-5-15-6-4-9/h9H,3-7,12H2,1-2H3. The fourth-order valence-corrected chi connectivity index (χ4v) is 2.44. The Morgan fingerprint density at radius 3 is 2.67 bits per heavy atom. The molecule has 1 saturated heterocycles. The van der Waals surface area contributed by atoms with Crippen LogP contribution >= 0.6 is 0 Å². The maximum atomic E-state index is 5.66. The topological polar surface area (TPSA) is 53.1 Å². The van der Waals surface area contributed by atoms with Gasteiger partial charge >= 0.3 is 0 Å². The van der Waals surface area contributed by atoms with Crippen molar-refractivity contribution in [3.8, 4) is 0 Å². The molecule has 1 aliphatic rings. The SMILES string of the molecule is Cc1c(CN)nn(C)c1C1CCOCC1. The number of nitrogens with two attached hydrogens (primary N) is 1. The minimum absolute atomic E-state index is 0.531. The van der Waals surface area contributed by atoms with Crippen molar-refractivity contribution in [1.29, 1.82) is 0 Å². The third kappa shape index (κ3) is 1.92. The van der Waals surface area contributed by atoms with Crippen LogP contribution in [0.2, 0.25) is 0 Å². The Balaban J connectivity index is 2.29. The number of ether oxygens (including phenoxy) is 1. The van der Waals surface area contributed by atoms with E-state index in [0.29, 0.717) is 12.5 Å². The van der Waals surface area contributed by atoms with Crippen LogP contribution in [0.25, 0.3) is 0 Å². The van der Waals surface area contributed by atoms with Gasteiger partial charge in [-0.05, 0) is 25.3 Å². The number of hydrogen-bond acceptors (Lipinski definition) is 3. The summed E-state index contributed by atoms with van der Waals surface area (Å²) in [5, 5.41) is 4.45. The van der Waals surface area contributed by atoms with Crippen LogP contribution in [0.3, 0.4) is 0 Å². The Morgan fingerprint density at radius 2 is 2.13 bits per heavy atom. The van der Waals surface area contributed by atoms with E-state index in [1.807, 2.05) is 11.7 Å². The van der Waals surface area contributed by atoms with E-state index in [1.165, 1.54) is 11.3 Å². The van der Waals surface area contributed by atoms with Crippen molar-refractivity contribution in [2.75, 3.05) is 13.2 Å². The van der Waals surface area contributed by atoms with Crippen LogP contribution in [0.4, 0.5) is 0 Å². The van der Waals surface area contributed by atoms with E-state index in [9.17, 15) is 0 Å². The normalized spacial score (nSPS) is 18.3. The van der Waals surface area contributed by atoms with Crippen molar-refractivity contribution >= 4 is 0 Å². The molecule has 0 radical (unpaired) electrons. The Bertz CT molecular complexity index is 340. The fourth-order valence-electron chi connectivity index (χ4n) is 2.44. The fraction of sp³-hybridized carbons (Fsp3) is 0.727. The summed E-state index contributed by atoms with van der Waals surface area (Å²) >= 11 is 0. The molecule has 4 heteroatoms. The van der Waals surface area contributed by atoms with Gasteiger partial charge in [0.05, 0.1) is 5.69 Å². The second kappa shape index (κ2) is 4.33. The maximum Gasteiger partial charge on any atom is 0.0792 e. The van der Waals surface area contributed by atoms with Crippen molar-refractivity contribution in [2.45, 2.75) is 32.2 Å². The molecular formula is C11H19N3O. The number of hydrogen-bond donors (Lipinski definition) is 1. The predicted octanol–water partition coefficient (Wildman–Crippen LogP) is 1.08. The van der Waals surface area contributed by atoms with Gasteiger partial charge in [0.15, 0.2) is 0 Å². The van der Waals surface area contributed by atoms with Gasteiger partial charge < -0.3 is 10.5 Å². The summed E-state index contributed by atoms with van der Waals surface area (Å²) in [7, 11) is 2.01. The monoisotopic (exact) mass is 209 g/mol. The molecule has 2 N–H and O–H groups in total. The van der Waals surface area contributed by atoms with Gasteiger partial charge in [0.25, 0.3) is 0 Å². The van der Waals surface area contributed by atoms with E-state index in [-0.39, 0.29) is 0 Å². The quantitative estimate of drug-likeness (QED) is 0.793. The molecule has 4 nitrogen and oxygen atoms in total. The molecule has 0 bridgehead atoms. The van der Waals surface area contributed by atoms with Gasteiger partial charge in [-0.25, -0.2) is 0 Å². The number of aryl methyl sites for hydroxylation is 1. The largest absolute Gasteiger partial charge is 0.381 e. The highest BCUT2D eigenvalue weighted by Gasteiger charge is 2.22. The zero-order valence-electron chi connectivity index (χ0n) is 9.49. The molecule has 2 rings (SSSR count). The summed E-state index contributed by atoms with van der Waals surface area (Å²) in [6.07, 6.45) is 2.20. The molecule has 0 unspecified atom stereocenters. The van der Waals surface area contributed by atoms with Crippen LogP contribution < -0.4 is 5.73 Å². The first-order valence-electron chi connectivity index (χ1n) is 5.54. The highest BCUT2D eigenvalue weighted by molar-refractivity contribution is 5.27. The van der Waals surface area contributed by atoms with Gasteiger partial charge in [-0.15, -0.1) is 0 Å². The zero-order chi connectivity index (χ0) is 10.8. The lowest BCUT2D eigenvalue weighted by molar-refractivity contribution is 0.0836. The van der Waals surface area contributed by atoms with Crippen molar-refractivity contribution in [3.05, 3.63) is 17.0 Å². The number of aromatic nitrogens is 2. The molecule has 15 heavy (non-hydrogen) atoms. The Hall–Kier alpha value is -0.870. The maximum absolute atomic E-state index is 5.66. The molecule has 0 aliphatic carbocycles. The molecular weight excluding hydrogens is 190 g/mol. The highest BCUT2D eigenvalue weighted by Crippen LogP contribution is 2.29. The van der Waals surface area contributed by atoms with Gasteiger partial charge in [0.1, 0.15) is 0 Å². The summed E-state index contributed by atoms with van der Waals surface area (Å²) in [5.74, 6) is 0.594. The molecule has 0 atom stereocenters. The molecule has 84 valence electrons. The van der Waals surface area contributed by atoms with Crippen molar-refractivity contribution < 1.29 is 4.74 Å². The van der Waals surface area contributed by atoms with E-state index in [1.54, 1.807) is 0 Å². The van der Waals surface area contributed by atoms with E-state index in [0.717, 1.165) is 31.7 Å². The second-order valence-electron chi connectivity index (χ2n) is 4.17. The first kappa shape index (κ1) is 10.6. The third-order valence-electron chi connectivity index (χ3n) is 3.24. The van der Waals surface area contributed by atoms with Crippen LogP contribution in [0.1, 0.15) is 35.7 Å². The van der Waals surface area contributed by atoms with E-state index >= 15 is 0 Å². The lowest BCUT2D eigenvalue weighted by atomic mass is 9.93. The average Bonchev–Trinajstić information content (AvgIpc) is 2.55. The molecule has 1 aliphatic heterocycles. The predicted molar refractivity (Wildman–Crippen MR) is 58.6 cm³/mol. The first-order valence-corrected chi connectivity index (χ1v) is 5.54. The molecule has 0 saturated carbocycles. The summed E-state index contributed by atoms with van der Waals surface area (Å²) in [6.45, 7) is 4.39. The first-order chi connectivity index (χ1) is 7.24. The van der Waals surface area contributed by atoms with Crippen molar-refractivity contribution in [2.24, 2.45) is 12.8 Å². The minimum Gasteiger partial charge on any atom is -0.381 e. The van der Waals surface area contributed by atoms with Crippen LogP contribution in [0.5, 0.6) is 0 Å². The van der Waals surface area contributed by atoms with Crippen LogP contribution in [-0.4, -0.2) is 23.0 Å². The Morgan fingerprint density at radius 1 is 1.47 bits per heavy atom.